The maximum absolute atomic E-state index is 12.9. The van der Waals surface area contributed by atoms with E-state index in [1.165, 1.54) is 4.90 Å². The molecule has 3 aromatic rings. The van der Waals surface area contributed by atoms with Gasteiger partial charge in [-0.1, -0.05) is 36.4 Å². The van der Waals surface area contributed by atoms with E-state index in [1.807, 2.05) is 24.3 Å². The molecule has 3 aromatic carbocycles. The van der Waals surface area contributed by atoms with Crippen molar-refractivity contribution in [2.75, 3.05) is 20.2 Å². The lowest BCUT2D eigenvalue weighted by atomic mass is 10.1. The molecule has 0 radical (unpaired) electrons. The summed E-state index contributed by atoms with van der Waals surface area (Å²) in [7, 11) is 1.72. The molecule has 7 nitrogen and oxygen atoms in total. The molecule has 5 rings (SSSR count). The van der Waals surface area contributed by atoms with Crippen LogP contribution in [-0.4, -0.2) is 53.8 Å². The Balaban J connectivity index is 1.21. The van der Waals surface area contributed by atoms with E-state index >= 15 is 0 Å². The summed E-state index contributed by atoms with van der Waals surface area (Å²) >= 11 is 0. The first-order valence-electron chi connectivity index (χ1n) is 10.7. The van der Waals surface area contributed by atoms with Gasteiger partial charge in [-0.25, -0.2) is 0 Å². The SMILES string of the molecule is CN(CC1COc2ccccc2O1)C(=O)c1ccc(CN2C(=O)c3ccccc3C2=O)cc1. The van der Waals surface area contributed by atoms with Crippen LogP contribution >= 0.6 is 0 Å². The van der Waals surface area contributed by atoms with Gasteiger partial charge in [0.2, 0.25) is 0 Å². The first-order valence-corrected chi connectivity index (χ1v) is 10.7. The first kappa shape index (κ1) is 20.8. The molecule has 0 aliphatic carbocycles. The van der Waals surface area contributed by atoms with Crippen molar-refractivity contribution in [2.24, 2.45) is 0 Å². The molecular formula is C26H22N2O5. The molecule has 2 aliphatic rings. The van der Waals surface area contributed by atoms with Crippen LogP contribution in [0.5, 0.6) is 11.5 Å². The smallest absolute Gasteiger partial charge is 0.261 e. The number of fused-ring (bicyclic) bond motifs is 2. The molecule has 0 bridgehead atoms. The van der Waals surface area contributed by atoms with Crippen LogP contribution < -0.4 is 9.47 Å². The van der Waals surface area contributed by atoms with E-state index in [0.717, 1.165) is 5.56 Å². The van der Waals surface area contributed by atoms with E-state index in [2.05, 4.69) is 0 Å². The summed E-state index contributed by atoms with van der Waals surface area (Å²) in [4.78, 5) is 40.8. The zero-order valence-electron chi connectivity index (χ0n) is 18.1. The van der Waals surface area contributed by atoms with E-state index in [9.17, 15) is 14.4 Å². The minimum absolute atomic E-state index is 0.148. The minimum Gasteiger partial charge on any atom is -0.486 e. The Kier molecular flexibility index (Phi) is 5.30. The average Bonchev–Trinajstić information content (AvgIpc) is 3.09. The van der Waals surface area contributed by atoms with Crippen LogP contribution in [0.2, 0.25) is 0 Å². The predicted octanol–water partition coefficient (Wildman–Crippen LogP) is 3.39. The maximum Gasteiger partial charge on any atom is 0.261 e. The highest BCUT2D eigenvalue weighted by Crippen LogP contribution is 2.31. The van der Waals surface area contributed by atoms with Gasteiger partial charge in [0.25, 0.3) is 17.7 Å². The summed E-state index contributed by atoms with van der Waals surface area (Å²) in [6, 6.07) is 21.2. The van der Waals surface area contributed by atoms with Gasteiger partial charge in [-0.3, -0.25) is 19.3 Å². The standard InChI is InChI=1S/C26H22N2O5/c1-27(15-19-16-32-22-8-4-5-9-23(22)33-19)24(29)18-12-10-17(11-13-18)14-28-25(30)20-6-2-3-7-21(20)26(28)31/h2-13,19H,14-16H2,1H3. The number of imide groups is 1. The molecule has 1 atom stereocenters. The molecule has 0 aromatic heterocycles. The molecule has 0 N–H and O–H groups in total. The van der Waals surface area contributed by atoms with Crippen LogP contribution in [0.25, 0.3) is 0 Å². The number of carbonyl (C=O) groups excluding carboxylic acids is 3. The third-order valence-corrected chi connectivity index (χ3v) is 5.81. The first-order chi connectivity index (χ1) is 16.0. The van der Waals surface area contributed by atoms with Crippen LogP contribution in [0.1, 0.15) is 36.6 Å². The number of carbonyl (C=O) groups is 3. The minimum atomic E-state index is -0.299. The molecular weight excluding hydrogens is 420 g/mol. The number of ether oxygens (including phenoxy) is 2. The monoisotopic (exact) mass is 442 g/mol. The number of rotatable bonds is 5. The normalized spacial score (nSPS) is 16.5. The van der Waals surface area contributed by atoms with Gasteiger partial charge in [0.15, 0.2) is 17.6 Å². The van der Waals surface area contributed by atoms with Crippen molar-refractivity contribution >= 4 is 17.7 Å². The van der Waals surface area contributed by atoms with Crippen LogP contribution in [0.15, 0.2) is 72.8 Å². The van der Waals surface area contributed by atoms with E-state index in [0.29, 0.717) is 41.3 Å². The van der Waals surface area contributed by atoms with Gasteiger partial charge in [-0.2, -0.15) is 0 Å². The van der Waals surface area contributed by atoms with Crippen molar-refractivity contribution in [3.05, 3.63) is 95.1 Å². The lowest BCUT2D eigenvalue weighted by Crippen LogP contribution is -2.41. The second-order valence-corrected chi connectivity index (χ2v) is 8.12. The highest BCUT2D eigenvalue weighted by Gasteiger charge is 2.35. The van der Waals surface area contributed by atoms with E-state index < -0.39 is 0 Å². The fraction of sp³-hybridized carbons (Fsp3) is 0.192. The van der Waals surface area contributed by atoms with Crippen molar-refractivity contribution in [1.82, 2.24) is 9.80 Å². The molecule has 0 saturated carbocycles. The van der Waals surface area contributed by atoms with E-state index in [1.54, 1.807) is 60.5 Å². The van der Waals surface area contributed by atoms with Gasteiger partial charge in [0.05, 0.1) is 24.2 Å². The second-order valence-electron chi connectivity index (χ2n) is 8.12. The van der Waals surface area contributed by atoms with Crippen LogP contribution in [0.3, 0.4) is 0 Å². The Labute approximate surface area is 191 Å². The third-order valence-electron chi connectivity index (χ3n) is 5.81. The van der Waals surface area contributed by atoms with E-state index in [-0.39, 0.29) is 30.4 Å². The molecule has 1 unspecified atom stereocenters. The predicted molar refractivity (Wildman–Crippen MR) is 120 cm³/mol. The molecule has 2 heterocycles. The fourth-order valence-corrected chi connectivity index (χ4v) is 4.08. The van der Waals surface area contributed by atoms with Gasteiger partial charge in [0, 0.05) is 12.6 Å². The number of hydrogen-bond acceptors (Lipinski definition) is 5. The largest absolute Gasteiger partial charge is 0.486 e. The number of amides is 3. The lowest BCUT2D eigenvalue weighted by molar-refractivity contribution is 0.0520. The Morgan fingerprint density at radius 2 is 1.52 bits per heavy atom. The van der Waals surface area contributed by atoms with Crippen molar-refractivity contribution in [1.29, 1.82) is 0 Å². The third kappa shape index (κ3) is 3.93. The average molecular weight is 442 g/mol. The number of para-hydroxylation sites is 2. The second kappa shape index (κ2) is 8.43. The highest BCUT2D eigenvalue weighted by atomic mass is 16.6. The molecule has 7 heteroatoms. The topological polar surface area (TPSA) is 76.2 Å². The van der Waals surface area contributed by atoms with Gasteiger partial charge in [0.1, 0.15) is 6.61 Å². The zero-order chi connectivity index (χ0) is 22.9. The molecule has 3 amide bonds. The van der Waals surface area contributed by atoms with Gasteiger partial charge in [-0.15, -0.1) is 0 Å². The number of benzene rings is 3. The molecule has 2 aliphatic heterocycles. The summed E-state index contributed by atoms with van der Waals surface area (Å²) in [6.45, 7) is 0.904. The summed E-state index contributed by atoms with van der Waals surface area (Å²) in [6.07, 6.45) is -0.262. The Hall–Kier alpha value is -4.13. The summed E-state index contributed by atoms with van der Waals surface area (Å²) in [5, 5.41) is 0. The van der Waals surface area contributed by atoms with Crippen LogP contribution in [0, 0.1) is 0 Å². The van der Waals surface area contributed by atoms with Gasteiger partial charge < -0.3 is 14.4 Å². The Morgan fingerprint density at radius 1 is 0.909 bits per heavy atom. The molecule has 0 fully saturated rings. The quantitative estimate of drug-likeness (QED) is 0.566. The lowest BCUT2D eigenvalue weighted by Gasteiger charge is -2.29. The molecule has 0 spiro atoms. The Bertz CT molecular complexity index is 1200. The zero-order valence-corrected chi connectivity index (χ0v) is 18.1. The van der Waals surface area contributed by atoms with Crippen molar-refractivity contribution in [3.63, 3.8) is 0 Å². The maximum atomic E-state index is 12.9. The van der Waals surface area contributed by atoms with Crippen LogP contribution in [-0.2, 0) is 6.54 Å². The fourth-order valence-electron chi connectivity index (χ4n) is 4.08. The molecule has 33 heavy (non-hydrogen) atoms. The summed E-state index contributed by atoms with van der Waals surface area (Å²) in [5.74, 6) is 0.631. The number of likely N-dealkylation sites (N-methyl/N-ethyl adjacent to an activating group) is 1. The summed E-state index contributed by atoms with van der Waals surface area (Å²) < 4.78 is 11.7. The summed E-state index contributed by atoms with van der Waals surface area (Å²) in [5.41, 5.74) is 2.13. The van der Waals surface area contributed by atoms with Gasteiger partial charge >= 0.3 is 0 Å². The van der Waals surface area contributed by atoms with Crippen molar-refractivity contribution in [2.45, 2.75) is 12.6 Å². The molecule has 166 valence electrons. The van der Waals surface area contributed by atoms with Crippen LogP contribution in [0.4, 0.5) is 0 Å². The highest BCUT2D eigenvalue weighted by molar-refractivity contribution is 6.21. The van der Waals surface area contributed by atoms with Crippen molar-refractivity contribution < 1.29 is 23.9 Å². The van der Waals surface area contributed by atoms with E-state index in [4.69, 9.17) is 9.47 Å². The molecule has 0 saturated heterocycles. The number of hydrogen-bond donors (Lipinski definition) is 0. The van der Waals surface area contributed by atoms with Crippen molar-refractivity contribution in [3.8, 4) is 11.5 Å². The Morgan fingerprint density at radius 3 is 2.18 bits per heavy atom. The van der Waals surface area contributed by atoms with Gasteiger partial charge in [-0.05, 0) is 42.0 Å². The number of nitrogens with zero attached hydrogens (tertiary/aromatic N) is 2.